The number of amides is 2. The number of carbonyl (C=O) groups excluding carboxylic acids is 3. The second-order valence-corrected chi connectivity index (χ2v) is 9.71. The largest absolute Gasteiger partial charge is 0.467 e. The lowest BCUT2D eigenvalue weighted by atomic mass is 9.98. The molecule has 0 aromatic heterocycles. The van der Waals surface area contributed by atoms with Crippen molar-refractivity contribution in [1.82, 2.24) is 9.80 Å². The van der Waals surface area contributed by atoms with Crippen molar-refractivity contribution in [3.8, 4) is 11.1 Å². The summed E-state index contributed by atoms with van der Waals surface area (Å²) in [5.41, 5.74) is 4.64. The highest BCUT2D eigenvalue weighted by molar-refractivity contribution is 5.92. The predicted octanol–water partition coefficient (Wildman–Crippen LogP) is 3.73. The standard InChI is InChI=1S/C28H28N2O5/c1-34-27(32)24-13-12-18-11-10-17-14-15-29(25(17)26(31)30(18)24)28(33)35-16-23-21-8-4-2-6-19(21)20-7-3-5-9-22(20)23/h2-11,17-18,23-25H,12-16H2,1H3/t17-,18-,24-,25-/m0/s1. The minimum Gasteiger partial charge on any atom is -0.467 e. The highest BCUT2D eigenvalue weighted by Gasteiger charge is 2.51. The molecule has 2 aromatic carbocycles. The SMILES string of the molecule is COC(=O)[C@@H]1CC[C@@H]2C=C[C@H]3CCN(C(=O)OCC4c5ccccc5-c5ccccc54)[C@@H]3C(=O)N21. The number of nitrogens with zero attached hydrogens (tertiary/aromatic N) is 2. The molecule has 4 aliphatic rings. The zero-order valence-electron chi connectivity index (χ0n) is 19.6. The summed E-state index contributed by atoms with van der Waals surface area (Å²) in [4.78, 5) is 42.5. The third kappa shape index (κ3) is 3.44. The van der Waals surface area contributed by atoms with Crippen molar-refractivity contribution < 1.29 is 23.9 Å². The quantitative estimate of drug-likeness (QED) is 0.503. The van der Waals surface area contributed by atoms with Gasteiger partial charge < -0.3 is 14.4 Å². The molecule has 7 heteroatoms. The van der Waals surface area contributed by atoms with Gasteiger partial charge in [-0.3, -0.25) is 9.69 Å². The van der Waals surface area contributed by atoms with E-state index in [1.165, 1.54) is 18.2 Å². The zero-order valence-corrected chi connectivity index (χ0v) is 19.6. The van der Waals surface area contributed by atoms with E-state index >= 15 is 0 Å². The maximum absolute atomic E-state index is 13.7. The number of fused-ring (bicyclic) bond motifs is 5. The molecule has 0 spiro atoms. The number of benzene rings is 2. The molecule has 2 amide bonds. The van der Waals surface area contributed by atoms with Gasteiger partial charge in [-0.1, -0.05) is 60.7 Å². The van der Waals surface area contributed by atoms with Gasteiger partial charge in [0.2, 0.25) is 5.91 Å². The van der Waals surface area contributed by atoms with Gasteiger partial charge in [0.1, 0.15) is 18.7 Å². The van der Waals surface area contributed by atoms with Gasteiger partial charge in [-0.2, -0.15) is 0 Å². The summed E-state index contributed by atoms with van der Waals surface area (Å²) in [5.74, 6) is -0.713. The number of methoxy groups -OCH3 is 1. The summed E-state index contributed by atoms with van der Waals surface area (Å²) in [6.07, 6.45) is 5.56. The molecule has 0 radical (unpaired) electrons. The maximum atomic E-state index is 13.7. The highest BCUT2D eigenvalue weighted by atomic mass is 16.6. The van der Waals surface area contributed by atoms with Crippen LogP contribution < -0.4 is 0 Å². The van der Waals surface area contributed by atoms with Crippen LogP contribution in [0.1, 0.15) is 36.3 Å². The number of rotatable bonds is 3. The highest BCUT2D eigenvalue weighted by Crippen LogP contribution is 2.45. The summed E-state index contributed by atoms with van der Waals surface area (Å²) >= 11 is 0. The van der Waals surface area contributed by atoms with Crippen LogP contribution in [0.5, 0.6) is 0 Å². The molecule has 3 aliphatic heterocycles. The summed E-state index contributed by atoms with van der Waals surface area (Å²) in [6.45, 7) is 0.658. The molecule has 7 nitrogen and oxygen atoms in total. The molecule has 2 fully saturated rings. The molecule has 0 saturated carbocycles. The molecule has 6 rings (SSSR count). The summed E-state index contributed by atoms with van der Waals surface area (Å²) < 4.78 is 10.8. The van der Waals surface area contributed by atoms with Gasteiger partial charge in [0.15, 0.2) is 0 Å². The van der Waals surface area contributed by atoms with Crippen LogP contribution in [0.2, 0.25) is 0 Å². The Kier molecular flexibility index (Phi) is 5.35. The van der Waals surface area contributed by atoms with Gasteiger partial charge in [-0.25, -0.2) is 9.59 Å². The number of esters is 1. The van der Waals surface area contributed by atoms with Crippen LogP contribution in [0.25, 0.3) is 11.1 Å². The third-order valence-corrected chi connectivity index (χ3v) is 8.01. The fourth-order valence-electron chi connectivity index (χ4n) is 6.35. The molecule has 1 aliphatic carbocycles. The number of likely N-dealkylation sites (tertiary alicyclic amines) is 1. The van der Waals surface area contributed by atoms with Crippen molar-refractivity contribution in [3.63, 3.8) is 0 Å². The van der Waals surface area contributed by atoms with E-state index in [0.29, 0.717) is 25.8 Å². The monoisotopic (exact) mass is 472 g/mol. The molecule has 0 unspecified atom stereocenters. The molecular weight excluding hydrogens is 444 g/mol. The van der Waals surface area contributed by atoms with Crippen molar-refractivity contribution in [2.75, 3.05) is 20.3 Å². The number of hydrogen-bond donors (Lipinski definition) is 0. The normalized spacial score (nSPS) is 26.6. The van der Waals surface area contributed by atoms with Gasteiger partial charge in [-0.05, 0) is 41.5 Å². The van der Waals surface area contributed by atoms with E-state index in [9.17, 15) is 14.4 Å². The van der Waals surface area contributed by atoms with Crippen LogP contribution in [0.15, 0.2) is 60.7 Å². The van der Waals surface area contributed by atoms with Crippen molar-refractivity contribution >= 4 is 18.0 Å². The van der Waals surface area contributed by atoms with E-state index in [2.05, 4.69) is 24.3 Å². The Labute approximate surface area is 204 Å². The molecule has 2 aromatic rings. The van der Waals surface area contributed by atoms with Crippen molar-refractivity contribution in [2.45, 2.75) is 43.3 Å². The van der Waals surface area contributed by atoms with Crippen molar-refractivity contribution in [3.05, 3.63) is 71.8 Å². The first-order valence-corrected chi connectivity index (χ1v) is 12.3. The van der Waals surface area contributed by atoms with E-state index < -0.39 is 24.1 Å². The van der Waals surface area contributed by atoms with Gasteiger partial charge in [0.05, 0.1) is 13.2 Å². The van der Waals surface area contributed by atoms with Gasteiger partial charge in [-0.15, -0.1) is 0 Å². The second kappa shape index (κ2) is 8.56. The molecule has 180 valence electrons. The maximum Gasteiger partial charge on any atom is 0.410 e. The average Bonchev–Trinajstić information content (AvgIpc) is 3.57. The van der Waals surface area contributed by atoms with Gasteiger partial charge in [0, 0.05) is 18.4 Å². The first-order chi connectivity index (χ1) is 17.1. The molecule has 35 heavy (non-hydrogen) atoms. The van der Waals surface area contributed by atoms with E-state index in [0.717, 1.165) is 11.1 Å². The number of ether oxygens (including phenoxy) is 2. The number of hydrogen-bond acceptors (Lipinski definition) is 5. The minimum absolute atomic E-state index is 0.0406. The van der Waals surface area contributed by atoms with Crippen LogP contribution >= 0.6 is 0 Å². The third-order valence-electron chi connectivity index (χ3n) is 8.01. The Morgan fingerprint density at radius 1 is 0.943 bits per heavy atom. The van der Waals surface area contributed by atoms with E-state index in [-0.39, 0.29) is 30.4 Å². The number of carbonyl (C=O) groups is 3. The Bertz CT molecular complexity index is 1180. The Morgan fingerprint density at radius 2 is 1.63 bits per heavy atom. The van der Waals surface area contributed by atoms with Crippen molar-refractivity contribution in [1.29, 1.82) is 0 Å². The summed E-state index contributed by atoms with van der Waals surface area (Å²) in [6, 6.07) is 15.0. The lowest BCUT2D eigenvalue weighted by Gasteiger charge is -2.32. The van der Waals surface area contributed by atoms with E-state index in [1.807, 2.05) is 36.4 Å². The van der Waals surface area contributed by atoms with Crippen LogP contribution in [-0.2, 0) is 19.1 Å². The molecule has 2 saturated heterocycles. The fourth-order valence-corrected chi connectivity index (χ4v) is 6.35. The molecule has 4 atom stereocenters. The second-order valence-electron chi connectivity index (χ2n) is 9.71. The predicted molar refractivity (Wildman–Crippen MR) is 128 cm³/mol. The van der Waals surface area contributed by atoms with Gasteiger partial charge in [0.25, 0.3) is 0 Å². The summed E-state index contributed by atoms with van der Waals surface area (Å²) in [7, 11) is 1.34. The van der Waals surface area contributed by atoms with Crippen molar-refractivity contribution in [2.24, 2.45) is 5.92 Å². The molecule has 0 bridgehead atoms. The van der Waals surface area contributed by atoms with E-state index in [1.54, 1.807) is 9.80 Å². The summed E-state index contributed by atoms with van der Waals surface area (Å²) in [5, 5.41) is 0. The van der Waals surface area contributed by atoms with E-state index in [4.69, 9.17) is 9.47 Å². The smallest absolute Gasteiger partial charge is 0.410 e. The van der Waals surface area contributed by atoms with Crippen LogP contribution in [0.3, 0.4) is 0 Å². The minimum atomic E-state index is -0.655. The zero-order chi connectivity index (χ0) is 24.1. The van der Waals surface area contributed by atoms with Crippen LogP contribution in [0, 0.1) is 5.92 Å². The topological polar surface area (TPSA) is 76.1 Å². The average molecular weight is 473 g/mol. The Morgan fingerprint density at radius 3 is 2.31 bits per heavy atom. The Balaban J connectivity index is 1.21. The lowest BCUT2D eigenvalue weighted by molar-refractivity contribution is -0.153. The Hall–Kier alpha value is -3.61. The molecule has 0 N–H and O–H groups in total. The lowest BCUT2D eigenvalue weighted by Crippen LogP contribution is -2.54. The van der Waals surface area contributed by atoms with Crippen LogP contribution in [0.4, 0.5) is 4.79 Å². The molecule has 3 heterocycles. The fraction of sp³-hybridized carbons (Fsp3) is 0.393. The molecular formula is C28H28N2O5. The van der Waals surface area contributed by atoms with Gasteiger partial charge >= 0.3 is 12.1 Å². The first kappa shape index (κ1) is 21.9. The van der Waals surface area contributed by atoms with Crippen LogP contribution in [-0.4, -0.2) is 66.2 Å². The first-order valence-electron chi connectivity index (χ1n) is 12.3.